The fourth-order valence-electron chi connectivity index (χ4n) is 2.78. The van der Waals surface area contributed by atoms with Gasteiger partial charge in [-0.15, -0.1) is 11.8 Å². The highest BCUT2D eigenvalue weighted by Gasteiger charge is 2.05. The molecule has 0 fully saturated rings. The summed E-state index contributed by atoms with van der Waals surface area (Å²) in [5.74, 6) is 0.444. The van der Waals surface area contributed by atoms with Gasteiger partial charge in [-0.2, -0.15) is 5.10 Å². The molecule has 6 heteroatoms. The number of thioether (sulfide) groups is 1. The van der Waals surface area contributed by atoms with E-state index in [4.69, 9.17) is 0 Å². The molecule has 1 amide bonds. The molecule has 0 bridgehead atoms. The molecule has 0 atom stereocenters. The maximum atomic E-state index is 12.1. The predicted molar refractivity (Wildman–Crippen MR) is 114 cm³/mol. The molecule has 0 aliphatic carbocycles. The van der Waals surface area contributed by atoms with E-state index in [0.29, 0.717) is 12.3 Å². The van der Waals surface area contributed by atoms with Crippen molar-refractivity contribution < 1.29 is 4.79 Å². The van der Waals surface area contributed by atoms with Crippen molar-refractivity contribution in [1.82, 2.24) is 15.1 Å². The molecule has 0 radical (unpaired) electrons. The zero-order valence-electron chi connectivity index (χ0n) is 15.4. The number of halogens is 1. The number of benzene rings is 2. The molecule has 1 N–H and O–H groups in total. The lowest BCUT2D eigenvalue weighted by molar-refractivity contribution is -0.118. The standard InChI is InChI=1S/C21H22BrN3OS/c1-15-10-16(2)25(24-15)13-18-5-3-4-17(11-18)12-23-21(26)14-27-20-8-6-19(22)7-9-20/h3-11H,12-14H2,1-2H3,(H,23,26). The minimum Gasteiger partial charge on any atom is -0.351 e. The smallest absolute Gasteiger partial charge is 0.230 e. The van der Waals surface area contributed by atoms with Crippen LogP contribution in [-0.4, -0.2) is 21.4 Å². The van der Waals surface area contributed by atoms with Gasteiger partial charge in [0.05, 0.1) is 18.0 Å². The van der Waals surface area contributed by atoms with Crippen LogP contribution in [0.25, 0.3) is 0 Å². The summed E-state index contributed by atoms with van der Waals surface area (Å²) in [6.45, 7) is 5.33. The largest absolute Gasteiger partial charge is 0.351 e. The summed E-state index contributed by atoms with van der Waals surface area (Å²) in [5, 5.41) is 7.50. The molecule has 0 spiro atoms. The van der Waals surface area contributed by atoms with Gasteiger partial charge < -0.3 is 5.32 Å². The van der Waals surface area contributed by atoms with E-state index < -0.39 is 0 Å². The SMILES string of the molecule is Cc1cc(C)n(Cc2cccc(CNC(=O)CSc3ccc(Br)cc3)c2)n1. The quantitative estimate of drug-likeness (QED) is 0.537. The van der Waals surface area contributed by atoms with E-state index in [9.17, 15) is 4.79 Å². The van der Waals surface area contributed by atoms with Gasteiger partial charge in [-0.05, 0) is 55.3 Å². The number of amides is 1. The Balaban J connectivity index is 1.51. The average Bonchev–Trinajstić information content (AvgIpc) is 2.97. The van der Waals surface area contributed by atoms with Crippen molar-refractivity contribution >= 4 is 33.6 Å². The third-order valence-corrected chi connectivity index (χ3v) is 5.64. The molecule has 0 saturated heterocycles. The summed E-state index contributed by atoms with van der Waals surface area (Å²) in [5.41, 5.74) is 4.45. The number of nitrogens with zero attached hydrogens (tertiary/aromatic N) is 2. The molecule has 27 heavy (non-hydrogen) atoms. The van der Waals surface area contributed by atoms with E-state index in [1.807, 2.05) is 48.0 Å². The van der Waals surface area contributed by atoms with E-state index in [2.05, 4.69) is 51.5 Å². The van der Waals surface area contributed by atoms with Gasteiger partial charge in [-0.1, -0.05) is 40.2 Å². The molecule has 0 aliphatic rings. The lowest BCUT2D eigenvalue weighted by Gasteiger charge is -2.09. The summed E-state index contributed by atoms with van der Waals surface area (Å²) in [4.78, 5) is 13.2. The van der Waals surface area contributed by atoms with Gasteiger partial charge in [0, 0.05) is 21.6 Å². The number of hydrogen-bond donors (Lipinski definition) is 1. The Bertz CT molecular complexity index is 921. The van der Waals surface area contributed by atoms with Gasteiger partial charge in [-0.3, -0.25) is 9.48 Å². The molecule has 140 valence electrons. The highest BCUT2D eigenvalue weighted by molar-refractivity contribution is 9.10. The summed E-state index contributed by atoms with van der Waals surface area (Å²) in [6, 6.07) is 18.3. The predicted octanol–water partition coefficient (Wildman–Crippen LogP) is 4.72. The second-order valence-electron chi connectivity index (χ2n) is 6.42. The lowest BCUT2D eigenvalue weighted by atomic mass is 10.1. The van der Waals surface area contributed by atoms with E-state index in [1.54, 1.807) is 0 Å². The fourth-order valence-corrected chi connectivity index (χ4v) is 3.77. The summed E-state index contributed by atoms with van der Waals surface area (Å²) in [6.07, 6.45) is 0. The van der Waals surface area contributed by atoms with E-state index in [0.717, 1.165) is 32.9 Å². The van der Waals surface area contributed by atoms with Crippen molar-refractivity contribution in [3.63, 3.8) is 0 Å². The number of aromatic nitrogens is 2. The van der Waals surface area contributed by atoms with Crippen molar-refractivity contribution in [2.45, 2.75) is 31.8 Å². The first kappa shape index (κ1) is 19.7. The number of aryl methyl sites for hydroxylation is 2. The van der Waals surface area contributed by atoms with Crippen LogP contribution in [0, 0.1) is 13.8 Å². The first-order valence-corrected chi connectivity index (χ1v) is 10.5. The third-order valence-electron chi connectivity index (χ3n) is 4.10. The molecule has 3 rings (SSSR count). The Labute approximate surface area is 172 Å². The first-order chi connectivity index (χ1) is 13.0. The molecular weight excluding hydrogens is 422 g/mol. The molecular formula is C21H22BrN3OS. The minimum absolute atomic E-state index is 0.0341. The van der Waals surface area contributed by atoms with Gasteiger partial charge in [0.2, 0.25) is 5.91 Å². The Hall–Kier alpha value is -2.05. The maximum absolute atomic E-state index is 12.1. The third kappa shape index (κ3) is 5.97. The van der Waals surface area contributed by atoms with Gasteiger partial charge in [0.1, 0.15) is 0 Å². The van der Waals surface area contributed by atoms with Crippen LogP contribution in [-0.2, 0) is 17.9 Å². The van der Waals surface area contributed by atoms with Crippen LogP contribution in [0.2, 0.25) is 0 Å². The number of rotatable bonds is 7. The summed E-state index contributed by atoms with van der Waals surface area (Å²) in [7, 11) is 0. The van der Waals surface area contributed by atoms with Crippen LogP contribution < -0.4 is 5.32 Å². The molecule has 3 aromatic rings. The normalized spacial score (nSPS) is 10.8. The van der Waals surface area contributed by atoms with Crippen LogP contribution in [0.4, 0.5) is 0 Å². The van der Waals surface area contributed by atoms with Crippen LogP contribution in [0.1, 0.15) is 22.5 Å². The second-order valence-corrected chi connectivity index (χ2v) is 8.39. The summed E-state index contributed by atoms with van der Waals surface area (Å²) < 4.78 is 3.04. The lowest BCUT2D eigenvalue weighted by Crippen LogP contribution is -2.24. The Morgan fingerprint density at radius 2 is 1.85 bits per heavy atom. The van der Waals surface area contributed by atoms with Crippen LogP contribution in [0.3, 0.4) is 0 Å². The van der Waals surface area contributed by atoms with Crippen LogP contribution in [0.15, 0.2) is 64.0 Å². The second kappa shape index (κ2) is 9.24. The average molecular weight is 444 g/mol. The van der Waals surface area contributed by atoms with Crippen molar-refractivity contribution in [1.29, 1.82) is 0 Å². The van der Waals surface area contributed by atoms with Crippen molar-refractivity contribution in [2.75, 3.05) is 5.75 Å². The van der Waals surface area contributed by atoms with Gasteiger partial charge >= 0.3 is 0 Å². The molecule has 0 saturated carbocycles. The van der Waals surface area contributed by atoms with Crippen molar-refractivity contribution in [3.8, 4) is 0 Å². The van der Waals surface area contributed by atoms with Gasteiger partial charge in [0.15, 0.2) is 0 Å². The summed E-state index contributed by atoms with van der Waals surface area (Å²) >= 11 is 4.95. The molecule has 2 aromatic carbocycles. The molecule has 0 aliphatic heterocycles. The Morgan fingerprint density at radius 1 is 1.11 bits per heavy atom. The molecule has 1 aromatic heterocycles. The van der Waals surface area contributed by atoms with E-state index in [1.165, 1.54) is 17.3 Å². The fraction of sp³-hybridized carbons (Fsp3) is 0.238. The highest BCUT2D eigenvalue weighted by Crippen LogP contribution is 2.20. The number of nitrogens with one attached hydrogen (secondary N) is 1. The highest BCUT2D eigenvalue weighted by atomic mass is 79.9. The Morgan fingerprint density at radius 3 is 2.56 bits per heavy atom. The molecule has 0 unspecified atom stereocenters. The van der Waals surface area contributed by atoms with Gasteiger partial charge in [0.25, 0.3) is 0 Å². The number of hydrogen-bond acceptors (Lipinski definition) is 3. The molecule has 1 heterocycles. The first-order valence-electron chi connectivity index (χ1n) is 8.73. The van der Waals surface area contributed by atoms with Crippen molar-refractivity contribution in [2.24, 2.45) is 0 Å². The van der Waals surface area contributed by atoms with Crippen LogP contribution >= 0.6 is 27.7 Å². The van der Waals surface area contributed by atoms with Crippen molar-refractivity contribution in [3.05, 3.63) is 81.6 Å². The topological polar surface area (TPSA) is 46.9 Å². The number of carbonyl (C=O) groups excluding carboxylic acids is 1. The Kier molecular flexibility index (Phi) is 6.74. The minimum atomic E-state index is 0.0341. The van der Waals surface area contributed by atoms with E-state index in [-0.39, 0.29) is 5.91 Å². The number of carbonyl (C=O) groups is 1. The molecule has 4 nitrogen and oxygen atoms in total. The maximum Gasteiger partial charge on any atom is 0.230 e. The van der Waals surface area contributed by atoms with E-state index >= 15 is 0 Å². The zero-order chi connectivity index (χ0) is 19.2. The monoisotopic (exact) mass is 443 g/mol. The zero-order valence-corrected chi connectivity index (χ0v) is 17.8. The van der Waals surface area contributed by atoms with Gasteiger partial charge in [-0.25, -0.2) is 0 Å². The van der Waals surface area contributed by atoms with Crippen LogP contribution in [0.5, 0.6) is 0 Å².